The molecule has 0 saturated carbocycles. The van der Waals surface area contributed by atoms with Crippen molar-refractivity contribution in [3.63, 3.8) is 0 Å². The predicted octanol–water partition coefficient (Wildman–Crippen LogP) is 2.56. The van der Waals surface area contributed by atoms with Gasteiger partial charge in [0.15, 0.2) is 5.82 Å². The molecule has 3 aromatic rings. The molecule has 0 atom stereocenters. The van der Waals surface area contributed by atoms with Crippen LogP contribution in [0.15, 0.2) is 36.7 Å². The van der Waals surface area contributed by atoms with Crippen molar-refractivity contribution in [1.82, 2.24) is 19.9 Å². The molecule has 5 nitrogen and oxygen atoms in total. The minimum atomic E-state index is 0.0651. The van der Waals surface area contributed by atoms with Gasteiger partial charge in [-0.15, -0.1) is 0 Å². The summed E-state index contributed by atoms with van der Waals surface area (Å²) in [5.74, 6) is 0.800. The molecule has 0 bridgehead atoms. The molecule has 1 aromatic carbocycles. The maximum absolute atomic E-state index is 12.0. The van der Waals surface area contributed by atoms with Gasteiger partial charge in [0.1, 0.15) is 5.69 Å². The van der Waals surface area contributed by atoms with Crippen LogP contribution in [0.25, 0.3) is 22.4 Å². The topological polar surface area (TPSA) is 61.9 Å². The van der Waals surface area contributed by atoms with Crippen molar-refractivity contribution in [3.8, 4) is 11.5 Å². The lowest BCUT2D eigenvalue weighted by molar-refractivity contribution is -0.127. The maximum Gasteiger partial charge on any atom is 0.226 e. The van der Waals surface area contributed by atoms with Crippen LogP contribution in [0, 0.1) is 6.92 Å². The first-order chi connectivity index (χ1) is 10.6. The number of likely N-dealkylation sites (N-methyl/N-ethyl adjacent to an activating group) is 1. The van der Waals surface area contributed by atoms with Crippen molar-refractivity contribution in [1.29, 1.82) is 0 Å². The average molecular weight is 294 g/mol. The van der Waals surface area contributed by atoms with E-state index < -0.39 is 0 Å². The Morgan fingerprint density at radius 1 is 1.32 bits per heavy atom. The van der Waals surface area contributed by atoms with Gasteiger partial charge in [-0.05, 0) is 24.1 Å². The summed E-state index contributed by atoms with van der Waals surface area (Å²) in [5, 5.41) is 1.07. The Kier molecular flexibility index (Phi) is 3.63. The second-order valence-electron chi connectivity index (χ2n) is 5.54. The van der Waals surface area contributed by atoms with Crippen LogP contribution in [0.4, 0.5) is 0 Å². The van der Waals surface area contributed by atoms with Crippen molar-refractivity contribution < 1.29 is 4.79 Å². The number of H-pyrrole nitrogens is 1. The molecule has 1 N–H and O–H groups in total. The third-order valence-corrected chi connectivity index (χ3v) is 3.71. The van der Waals surface area contributed by atoms with E-state index in [1.165, 1.54) is 0 Å². The number of aromatic nitrogens is 3. The van der Waals surface area contributed by atoms with Crippen LogP contribution in [-0.2, 0) is 11.2 Å². The van der Waals surface area contributed by atoms with Gasteiger partial charge in [0.25, 0.3) is 0 Å². The predicted molar refractivity (Wildman–Crippen MR) is 86.5 cm³/mol. The zero-order valence-electron chi connectivity index (χ0n) is 12.9. The number of imidazole rings is 1. The molecule has 0 fully saturated rings. The van der Waals surface area contributed by atoms with E-state index >= 15 is 0 Å². The van der Waals surface area contributed by atoms with E-state index in [9.17, 15) is 4.79 Å². The number of para-hydroxylation sites is 1. The third kappa shape index (κ3) is 2.57. The number of carbonyl (C=O) groups is 1. The molecule has 0 unspecified atom stereocenters. The van der Waals surface area contributed by atoms with E-state index in [1.54, 1.807) is 31.4 Å². The molecule has 22 heavy (non-hydrogen) atoms. The number of carbonyl (C=O) groups excluding carboxylic acids is 1. The fraction of sp³-hybridized carbons (Fsp3) is 0.235. The van der Waals surface area contributed by atoms with Crippen LogP contribution >= 0.6 is 0 Å². The summed E-state index contributed by atoms with van der Waals surface area (Å²) in [5.41, 5.74) is 3.71. The zero-order valence-corrected chi connectivity index (χ0v) is 12.9. The highest BCUT2D eigenvalue weighted by molar-refractivity contribution is 5.90. The fourth-order valence-corrected chi connectivity index (χ4v) is 2.47. The van der Waals surface area contributed by atoms with Crippen LogP contribution in [0.5, 0.6) is 0 Å². The molecule has 3 rings (SSSR count). The number of amides is 1. The first-order valence-corrected chi connectivity index (χ1v) is 7.15. The molecule has 112 valence electrons. The van der Waals surface area contributed by atoms with E-state index in [0.717, 1.165) is 33.5 Å². The summed E-state index contributed by atoms with van der Waals surface area (Å²) in [7, 11) is 3.53. The molecule has 2 aromatic heterocycles. The van der Waals surface area contributed by atoms with Crippen molar-refractivity contribution in [2.75, 3.05) is 14.1 Å². The number of hydrogen-bond donors (Lipinski definition) is 1. The number of benzene rings is 1. The monoisotopic (exact) mass is 294 g/mol. The Morgan fingerprint density at radius 3 is 2.82 bits per heavy atom. The maximum atomic E-state index is 12.0. The van der Waals surface area contributed by atoms with Crippen molar-refractivity contribution in [2.24, 2.45) is 0 Å². The van der Waals surface area contributed by atoms with Gasteiger partial charge >= 0.3 is 0 Å². The van der Waals surface area contributed by atoms with Crippen LogP contribution in [0.3, 0.4) is 0 Å². The zero-order chi connectivity index (χ0) is 15.7. The molecule has 0 aliphatic carbocycles. The lowest BCUT2D eigenvalue weighted by atomic mass is 10.0. The average Bonchev–Trinajstić information content (AvgIpc) is 3.02. The molecule has 0 saturated heterocycles. The summed E-state index contributed by atoms with van der Waals surface area (Å²) in [6.07, 6.45) is 3.83. The Hall–Kier alpha value is -2.69. The fourth-order valence-electron chi connectivity index (χ4n) is 2.47. The van der Waals surface area contributed by atoms with Crippen molar-refractivity contribution >= 4 is 16.8 Å². The minimum Gasteiger partial charge on any atom is -0.349 e. The summed E-state index contributed by atoms with van der Waals surface area (Å²) in [4.78, 5) is 25.7. The van der Waals surface area contributed by atoms with Gasteiger partial charge in [0.05, 0.1) is 11.9 Å². The molecular weight excluding hydrogens is 276 g/mol. The van der Waals surface area contributed by atoms with E-state index in [-0.39, 0.29) is 5.91 Å². The number of nitrogens with zero attached hydrogens (tertiary/aromatic N) is 3. The van der Waals surface area contributed by atoms with Crippen LogP contribution < -0.4 is 0 Å². The third-order valence-electron chi connectivity index (χ3n) is 3.71. The van der Waals surface area contributed by atoms with Crippen LogP contribution in [-0.4, -0.2) is 39.9 Å². The van der Waals surface area contributed by atoms with Gasteiger partial charge in [-0.25, -0.2) is 9.97 Å². The lowest BCUT2D eigenvalue weighted by Gasteiger charge is -2.13. The smallest absolute Gasteiger partial charge is 0.226 e. The Morgan fingerprint density at radius 2 is 2.14 bits per heavy atom. The molecule has 0 spiro atoms. The second kappa shape index (κ2) is 5.60. The van der Waals surface area contributed by atoms with Crippen molar-refractivity contribution in [3.05, 3.63) is 47.8 Å². The molecule has 2 heterocycles. The van der Waals surface area contributed by atoms with Crippen LogP contribution in [0.2, 0.25) is 0 Å². The number of aromatic amines is 1. The normalized spacial score (nSPS) is 10.9. The Bertz CT molecular complexity index is 822. The number of aryl methyl sites for hydroxylation is 1. The largest absolute Gasteiger partial charge is 0.349 e. The SMILES string of the molecule is Cc1cc(-c2ncc[nH]2)nc2c(CC(=O)N(C)C)cccc12. The first kappa shape index (κ1) is 14.3. The van der Waals surface area contributed by atoms with Gasteiger partial charge in [-0.1, -0.05) is 18.2 Å². The molecular formula is C17H18N4O. The van der Waals surface area contributed by atoms with E-state index in [2.05, 4.69) is 9.97 Å². The van der Waals surface area contributed by atoms with Crippen molar-refractivity contribution in [2.45, 2.75) is 13.3 Å². The molecule has 1 amide bonds. The van der Waals surface area contributed by atoms with E-state index in [0.29, 0.717) is 6.42 Å². The molecule has 0 aliphatic rings. The van der Waals surface area contributed by atoms with Gasteiger partial charge in [0.2, 0.25) is 5.91 Å². The first-order valence-electron chi connectivity index (χ1n) is 7.15. The Labute approximate surface area is 129 Å². The highest BCUT2D eigenvalue weighted by atomic mass is 16.2. The number of rotatable bonds is 3. The minimum absolute atomic E-state index is 0.0651. The number of hydrogen-bond acceptors (Lipinski definition) is 3. The lowest BCUT2D eigenvalue weighted by Crippen LogP contribution is -2.23. The van der Waals surface area contributed by atoms with Gasteiger partial charge < -0.3 is 9.88 Å². The quantitative estimate of drug-likeness (QED) is 0.807. The van der Waals surface area contributed by atoms with E-state index in [4.69, 9.17) is 4.98 Å². The summed E-state index contributed by atoms with van der Waals surface area (Å²) in [6, 6.07) is 7.98. The highest BCUT2D eigenvalue weighted by Gasteiger charge is 2.13. The highest BCUT2D eigenvalue weighted by Crippen LogP contribution is 2.25. The number of nitrogens with one attached hydrogen (secondary N) is 1. The van der Waals surface area contributed by atoms with Gasteiger partial charge in [0, 0.05) is 31.9 Å². The standard InChI is InChI=1S/C17H18N4O/c1-11-9-14(17-18-7-8-19-17)20-16-12(5-4-6-13(11)16)10-15(22)21(2)3/h4-9H,10H2,1-3H3,(H,18,19). The molecule has 5 heteroatoms. The Balaban J connectivity index is 2.15. The summed E-state index contributed by atoms with van der Waals surface area (Å²) in [6.45, 7) is 2.05. The number of pyridine rings is 1. The second-order valence-corrected chi connectivity index (χ2v) is 5.54. The summed E-state index contributed by atoms with van der Waals surface area (Å²) >= 11 is 0. The molecule has 0 aliphatic heterocycles. The van der Waals surface area contributed by atoms with Gasteiger partial charge in [-0.3, -0.25) is 4.79 Å². The summed E-state index contributed by atoms with van der Waals surface area (Å²) < 4.78 is 0. The molecule has 0 radical (unpaired) electrons. The van der Waals surface area contributed by atoms with E-state index in [1.807, 2.05) is 31.2 Å². The van der Waals surface area contributed by atoms with Gasteiger partial charge in [-0.2, -0.15) is 0 Å². The number of fused-ring (bicyclic) bond motifs is 1. The van der Waals surface area contributed by atoms with Crippen LogP contribution in [0.1, 0.15) is 11.1 Å².